The van der Waals surface area contributed by atoms with Crippen LogP contribution in [0.2, 0.25) is 0 Å². The second kappa shape index (κ2) is 8.38. The summed E-state index contributed by atoms with van der Waals surface area (Å²) in [6, 6.07) is 6.51. The summed E-state index contributed by atoms with van der Waals surface area (Å²) in [5.41, 5.74) is 7.44. The first kappa shape index (κ1) is 20.4. The highest BCUT2D eigenvalue weighted by atomic mass is 19.1. The molecule has 1 aromatic rings. The van der Waals surface area contributed by atoms with Crippen LogP contribution in [0.4, 0.5) is 4.39 Å². The van der Waals surface area contributed by atoms with E-state index in [2.05, 4.69) is 4.99 Å². The van der Waals surface area contributed by atoms with Gasteiger partial charge in [-0.25, -0.2) is 4.39 Å². The molecule has 2 N–H and O–H groups in total. The van der Waals surface area contributed by atoms with E-state index >= 15 is 0 Å². The minimum Gasteiger partial charge on any atom is -0.401 e. The molecule has 152 valence electrons. The molecule has 0 fully saturated rings. The van der Waals surface area contributed by atoms with Crippen LogP contribution in [0.1, 0.15) is 41.0 Å². The fourth-order valence-electron chi connectivity index (χ4n) is 3.36. The molecule has 3 amide bonds. The lowest BCUT2D eigenvalue weighted by atomic mass is 10.0. The first-order chi connectivity index (χ1) is 13.8. The average molecular weight is 398 g/mol. The summed E-state index contributed by atoms with van der Waals surface area (Å²) in [4.78, 5) is 44.2. The number of hydrogen-bond acceptors (Lipinski definition) is 5. The Morgan fingerprint density at radius 3 is 2.34 bits per heavy atom. The molecule has 2 aliphatic rings. The number of hydrogen-bond donors (Lipinski definition) is 1. The molecule has 29 heavy (non-hydrogen) atoms. The highest BCUT2D eigenvalue weighted by Crippen LogP contribution is 2.23. The molecule has 2 aliphatic heterocycles. The number of halogens is 1. The molecule has 0 bridgehead atoms. The number of carbonyl (C=O) groups is 3. The summed E-state index contributed by atoms with van der Waals surface area (Å²) in [5, 5.41) is 0. The van der Waals surface area contributed by atoms with Crippen molar-refractivity contribution in [1.82, 2.24) is 9.80 Å². The number of nitrogens with two attached hydrogens (primary N) is 1. The molecular formula is C21H23FN4O3. The Hall–Kier alpha value is -3.29. The second-order valence-corrected chi connectivity index (χ2v) is 7.26. The fraction of sp³-hybridized carbons (Fsp3) is 0.333. The highest BCUT2D eigenvalue weighted by Gasteiger charge is 2.35. The molecule has 2 heterocycles. The van der Waals surface area contributed by atoms with Gasteiger partial charge in [-0.05, 0) is 31.6 Å². The predicted octanol–water partition coefficient (Wildman–Crippen LogP) is 2.06. The Balaban J connectivity index is 1.68. The number of fused-ring (bicyclic) bond motifs is 1. The lowest BCUT2D eigenvalue weighted by molar-refractivity contribution is -0.128. The number of amides is 3. The van der Waals surface area contributed by atoms with Crippen LogP contribution in [0.3, 0.4) is 0 Å². The van der Waals surface area contributed by atoms with Crippen LogP contribution in [0.15, 0.2) is 52.4 Å². The maximum absolute atomic E-state index is 13.4. The van der Waals surface area contributed by atoms with Crippen LogP contribution in [0.25, 0.3) is 0 Å². The fourth-order valence-corrected chi connectivity index (χ4v) is 3.36. The molecule has 0 aliphatic carbocycles. The largest absolute Gasteiger partial charge is 0.401 e. The zero-order chi connectivity index (χ0) is 21.1. The Morgan fingerprint density at radius 1 is 1.17 bits per heavy atom. The van der Waals surface area contributed by atoms with Crippen molar-refractivity contribution in [1.29, 1.82) is 0 Å². The third-order valence-electron chi connectivity index (χ3n) is 4.99. The number of rotatable bonds is 6. The Labute approximate surface area is 168 Å². The van der Waals surface area contributed by atoms with E-state index in [-0.39, 0.29) is 30.6 Å². The molecule has 0 saturated heterocycles. The Morgan fingerprint density at radius 2 is 1.79 bits per heavy atom. The van der Waals surface area contributed by atoms with Crippen molar-refractivity contribution < 1.29 is 18.8 Å². The van der Waals surface area contributed by atoms with Crippen molar-refractivity contribution in [3.63, 3.8) is 0 Å². The van der Waals surface area contributed by atoms with Gasteiger partial charge in [-0.3, -0.25) is 24.3 Å². The molecule has 0 radical (unpaired) electrons. The van der Waals surface area contributed by atoms with Crippen LogP contribution in [0, 0.1) is 0 Å². The molecule has 1 aromatic carbocycles. The Bertz CT molecular complexity index is 914. The number of aliphatic imine (C=N–C) groups is 1. The molecule has 3 rings (SSSR count). The third kappa shape index (κ3) is 3.96. The Kier molecular flexibility index (Phi) is 5.91. The van der Waals surface area contributed by atoms with E-state index < -0.39 is 11.8 Å². The summed E-state index contributed by atoms with van der Waals surface area (Å²) in [6.45, 7) is 4.08. The van der Waals surface area contributed by atoms with Gasteiger partial charge < -0.3 is 10.6 Å². The van der Waals surface area contributed by atoms with Gasteiger partial charge in [0.05, 0.1) is 36.1 Å². The van der Waals surface area contributed by atoms with Crippen molar-refractivity contribution in [2.45, 2.75) is 26.3 Å². The summed E-state index contributed by atoms with van der Waals surface area (Å²) in [7, 11) is 0. The number of nitrogens with zero attached hydrogens (tertiary/aromatic N) is 3. The number of imide groups is 1. The van der Waals surface area contributed by atoms with Crippen molar-refractivity contribution in [3.8, 4) is 0 Å². The monoisotopic (exact) mass is 398 g/mol. The van der Waals surface area contributed by atoms with E-state index in [1.54, 1.807) is 29.2 Å². The van der Waals surface area contributed by atoms with Crippen molar-refractivity contribution >= 4 is 23.9 Å². The zero-order valence-corrected chi connectivity index (χ0v) is 16.4. The molecule has 0 atom stereocenters. The van der Waals surface area contributed by atoms with Crippen LogP contribution in [0.5, 0.6) is 0 Å². The summed E-state index contributed by atoms with van der Waals surface area (Å²) in [6.07, 6.45) is 2.23. The van der Waals surface area contributed by atoms with Gasteiger partial charge in [0, 0.05) is 30.9 Å². The first-order valence-electron chi connectivity index (χ1n) is 9.38. The zero-order valence-electron chi connectivity index (χ0n) is 16.4. The van der Waals surface area contributed by atoms with Gasteiger partial charge in [0.1, 0.15) is 0 Å². The minimum atomic E-state index is -0.462. The molecule has 7 nitrogen and oxygen atoms in total. The first-order valence-corrected chi connectivity index (χ1v) is 9.38. The van der Waals surface area contributed by atoms with E-state index in [4.69, 9.17) is 5.73 Å². The van der Waals surface area contributed by atoms with E-state index in [9.17, 15) is 18.8 Å². The average Bonchev–Trinajstić information content (AvgIpc) is 2.94. The molecule has 0 spiro atoms. The SMILES string of the molecule is CC(C)N1CCC(N)=C(C=NC/C(=C/F)CN2C(=O)c3ccccc3C2=O)C1=O. The lowest BCUT2D eigenvalue weighted by Crippen LogP contribution is -2.43. The smallest absolute Gasteiger partial charge is 0.261 e. The van der Waals surface area contributed by atoms with E-state index in [1.165, 1.54) is 6.21 Å². The van der Waals surface area contributed by atoms with Gasteiger partial charge in [-0.2, -0.15) is 0 Å². The molecule has 8 heteroatoms. The van der Waals surface area contributed by atoms with Gasteiger partial charge in [-0.15, -0.1) is 0 Å². The van der Waals surface area contributed by atoms with Crippen molar-refractivity contribution in [3.05, 3.63) is 58.6 Å². The predicted molar refractivity (Wildman–Crippen MR) is 107 cm³/mol. The van der Waals surface area contributed by atoms with Crippen LogP contribution >= 0.6 is 0 Å². The van der Waals surface area contributed by atoms with Gasteiger partial charge in [-0.1, -0.05) is 12.1 Å². The lowest BCUT2D eigenvalue weighted by Gasteiger charge is -2.31. The summed E-state index contributed by atoms with van der Waals surface area (Å²) in [5.74, 6) is -1.13. The maximum Gasteiger partial charge on any atom is 0.261 e. The molecular weight excluding hydrogens is 375 g/mol. The summed E-state index contributed by atoms with van der Waals surface area (Å²) < 4.78 is 13.4. The maximum atomic E-state index is 13.4. The standard InChI is InChI=1S/C21H23FN4O3/c1-13(2)25-8-7-18(23)17(21(25)29)11-24-10-14(9-22)12-26-19(27)15-5-3-4-6-16(15)20(26)28/h3-6,9,11,13H,7-8,10,12,23H2,1-2H3/b14-9-,24-11?. The van der Waals surface area contributed by atoms with Crippen molar-refractivity contribution in [2.75, 3.05) is 19.6 Å². The highest BCUT2D eigenvalue weighted by molar-refractivity contribution is 6.21. The van der Waals surface area contributed by atoms with Crippen LogP contribution in [-0.4, -0.2) is 59.4 Å². The van der Waals surface area contributed by atoms with Gasteiger partial charge >= 0.3 is 0 Å². The van der Waals surface area contributed by atoms with Gasteiger partial charge in [0.2, 0.25) is 0 Å². The second-order valence-electron chi connectivity index (χ2n) is 7.26. The molecule has 0 unspecified atom stereocenters. The quantitative estimate of drug-likeness (QED) is 0.586. The van der Waals surface area contributed by atoms with Gasteiger partial charge in [0.25, 0.3) is 17.7 Å². The van der Waals surface area contributed by atoms with Crippen LogP contribution in [-0.2, 0) is 4.79 Å². The summed E-state index contributed by atoms with van der Waals surface area (Å²) >= 11 is 0. The number of carbonyl (C=O) groups excluding carboxylic acids is 3. The minimum absolute atomic E-state index is 0.0362. The third-order valence-corrected chi connectivity index (χ3v) is 4.99. The number of benzene rings is 1. The van der Waals surface area contributed by atoms with Gasteiger partial charge in [0.15, 0.2) is 0 Å². The van der Waals surface area contributed by atoms with E-state index in [1.807, 2.05) is 13.8 Å². The molecule has 0 saturated carbocycles. The van der Waals surface area contributed by atoms with Crippen molar-refractivity contribution in [2.24, 2.45) is 10.7 Å². The van der Waals surface area contributed by atoms with E-state index in [0.29, 0.717) is 41.7 Å². The normalized spacial score (nSPS) is 17.9. The van der Waals surface area contributed by atoms with Crippen LogP contribution < -0.4 is 5.73 Å². The van der Waals surface area contributed by atoms with E-state index in [0.717, 1.165) is 4.90 Å². The topological polar surface area (TPSA) is 96.1 Å². The molecule has 0 aromatic heterocycles.